The summed E-state index contributed by atoms with van der Waals surface area (Å²) in [7, 11) is 0. The summed E-state index contributed by atoms with van der Waals surface area (Å²) >= 11 is 0. The van der Waals surface area contributed by atoms with Crippen molar-refractivity contribution in [2.45, 2.75) is 32.2 Å². The molecular formula is C19H21F3N4O3. The number of nitrogens with zero attached hydrogens (tertiary/aromatic N) is 3. The lowest BCUT2D eigenvalue weighted by Gasteiger charge is -2.36. The highest BCUT2D eigenvalue weighted by Gasteiger charge is 2.28. The van der Waals surface area contributed by atoms with Gasteiger partial charge in [-0.15, -0.1) is 0 Å². The summed E-state index contributed by atoms with van der Waals surface area (Å²) in [4.78, 5) is 22.6. The Hall–Kier alpha value is -2.88. The summed E-state index contributed by atoms with van der Waals surface area (Å²) in [5.41, 5.74) is 0.676. The second-order valence-electron chi connectivity index (χ2n) is 6.81. The van der Waals surface area contributed by atoms with E-state index in [9.17, 15) is 18.0 Å². The van der Waals surface area contributed by atoms with Crippen molar-refractivity contribution < 1.29 is 27.4 Å². The van der Waals surface area contributed by atoms with Crippen LogP contribution < -0.4 is 15.0 Å². The number of anilines is 2. The van der Waals surface area contributed by atoms with Crippen molar-refractivity contribution in [3.05, 3.63) is 42.2 Å². The first-order valence-corrected chi connectivity index (χ1v) is 9.03. The zero-order chi connectivity index (χ0) is 21.0. The normalized spacial score (nSPS) is 19.7. The lowest BCUT2D eigenvalue weighted by atomic mass is 10.2. The molecular weight excluding hydrogens is 389 g/mol. The van der Waals surface area contributed by atoms with Gasteiger partial charge in [0.1, 0.15) is 5.82 Å². The molecule has 2 aromatic heterocycles. The highest BCUT2D eigenvalue weighted by Crippen LogP contribution is 2.20. The predicted molar refractivity (Wildman–Crippen MR) is 100 cm³/mol. The number of carbonyl (C=O) groups excluding carboxylic acids is 1. The van der Waals surface area contributed by atoms with E-state index in [0.717, 1.165) is 18.9 Å². The molecule has 3 rings (SSSR count). The van der Waals surface area contributed by atoms with Crippen molar-refractivity contribution in [3.63, 3.8) is 0 Å². The van der Waals surface area contributed by atoms with Crippen LogP contribution >= 0.6 is 0 Å². The van der Waals surface area contributed by atoms with E-state index in [1.807, 2.05) is 13.8 Å². The van der Waals surface area contributed by atoms with Gasteiger partial charge in [0.15, 0.2) is 6.61 Å². The minimum Gasteiger partial charge on any atom is -0.468 e. The highest BCUT2D eigenvalue weighted by atomic mass is 19.4. The number of alkyl halides is 3. The van der Waals surface area contributed by atoms with Crippen LogP contribution in [0.5, 0.6) is 5.88 Å². The molecule has 1 saturated heterocycles. The largest absolute Gasteiger partial charge is 0.468 e. The Morgan fingerprint density at radius 1 is 1.17 bits per heavy atom. The van der Waals surface area contributed by atoms with Crippen LogP contribution in [0.4, 0.5) is 24.7 Å². The number of pyridine rings is 2. The molecule has 1 N–H and O–H groups in total. The van der Waals surface area contributed by atoms with E-state index in [1.54, 1.807) is 12.1 Å². The molecule has 156 valence electrons. The van der Waals surface area contributed by atoms with Gasteiger partial charge in [-0.2, -0.15) is 13.2 Å². The molecule has 1 aliphatic rings. The van der Waals surface area contributed by atoms with E-state index in [2.05, 4.69) is 24.9 Å². The molecule has 0 radical (unpaired) electrons. The zero-order valence-corrected chi connectivity index (χ0v) is 15.9. The standard InChI is InChI=1S/C19H21F3N4O3/c1-12-9-26(10-13(2)29-12)16-5-3-14(7-23-16)18(27)25-15-4-6-17(24-8-15)28-11-19(20,21)22/h3-8,12-13H,9-11H2,1-2H3,(H,25,27). The summed E-state index contributed by atoms with van der Waals surface area (Å²) in [5.74, 6) is 0.176. The van der Waals surface area contributed by atoms with Gasteiger partial charge in [0, 0.05) is 25.4 Å². The summed E-state index contributed by atoms with van der Waals surface area (Å²) in [6.45, 7) is 4.01. The third kappa shape index (κ3) is 6.05. The molecule has 0 spiro atoms. The predicted octanol–water partition coefficient (Wildman–Crippen LogP) is 3.28. The van der Waals surface area contributed by atoms with Crippen LogP contribution in [-0.2, 0) is 4.74 Å². The van der Waals surface area contributed by atoms with Crippen LogP contribution in [0.2, 0.25) is 0 Å². The van der Waals surface area contributed by atoms with Crippen molar-refractivity contribution in [1.29, 1.82) is 0 Å². The molecule has 1 fully saturated rings. The van der Waals surface area contributed by atoms with E-state index in [1.165, 1.54) is 24.5 Å². The van der Waals surface area contributed by atoms with Crippen LogP contribution in [0.25, 0.3) is 0 Å². The fourth-order valence-corrected chi connectivity index (χ4v) is 2.97. The van der Waals surface area contributed by atoms with Crippen molar-refractivity contribution in [1.82, 2.24) is 9.97 Å². The lowest BCUT2D eigenvalue weighted by Crippen LogP contribution is -2.45. The van der Waals surface area contributed by atoms with Crippen LogP contribution in [0.15, 0.2) is 36.7 Å². The first-order chi connectivity index (χ1) is 13.7. The minimum atomic E-state index is -4.44. The molecule has 0 bridgehead atoms. The molecule has 3 heterocycles. The number of aromatic nitrogens is 2. The lowest BCUT2D eigenvalue weighted by molar-refractivity contribution is -0.154. The number of rotatable bonds is 5. The topological polar surface area (TPSA) is 76.6 Å². The maximum absolute atomic E-state index is 12.4. The molecule has 10 heteroatoms. The summed E-state index contributed by atoms with van der Waals surface area (Å²) in [6, 6.07) is 6.10. The van der Waals surface area contributed by atoms with Crippen LogP contribution in [0, 0.1) is 0 Å². The second kappa shape index (κ2) is 8.64. The van der Waals surface area contributed by atoms with Crippen LogP contribution in [0.1, 0.15) is 24.2 Å². The maximum Gasteiger partial charge on any atom is 0.422 e. The number of nitrogens with one attached hydrogen (secondary N) is 1. The van der Waals surface area contributed by atoms with Gasteiger partial charge in [0.25, 0.3) is 5.91 Å². The van der Waals surface area contributed by atoms with Gasteiger partial charge >= 0.3 is 6.18 Å². The van der Waals surface area contributed by atoms with E-state index in [4.69, 9.17) is 4.74 Å². The van der Waals surface area contributed by atoms with Gasteiger partial charge in [-0.25, -0.2) is 9.97 Å². The maximum atomic E-state index is 12.4. The first-order valence-electron chi connectivity index (χ1n) is 9.03. The van der Waals surface area contributed by atoms with Gasteiger partial charge in [0.05, 0.1) is 29.7 Å². The molecule has 2 atom stereocenters. The molecule has 0 aromatic carbocycles. The Kier molecular flexibility index (Phi) is 6.21. The number of morpholine rings is 1. The van der Waals surface area contributed by atoms with Crippen molar-refractivity contribution in [2.24, 2.45) is 0 Å². The Bertz CT molecular complexity index is 818. The molecule has 2 unspecified atom stereocenters. The van der Waals surface area contributed by atoms with E-state index >= 15 is 0 Å². The zero-order valence-electron chi connectivity index (χ0n) is 15.9. The fraction of sp³-hybridized carbons (Fsp3) is 0.421. The van der Waals surface area contributed by atoms with Gasteiger partial charge < -0.3 is 19.7 Å². The summed E-state index contributed by atoms with van der Waals surface area (Å²) < 4.78 is 46.7. The van der Waals surface area contributed by atoms with Crippen molar-refractivity contribution in [3.8, 4) is 5.88 Å². The molecule has 2 aromatic rings. The number of amides is 1. The van der Waals surface area contributed by atoms with E-state index < -0.39 is 18.7 Å². The fourth-order valence-electron chi connectivity index (χ4n) is 2.97. The van der Waals surface area contributed by atoms with Gasteiger partial charge in [0.2, 0.25) is 5.88 Å². The molecule has 7 nitrogen and oxygen atoms in total. The van der Waals surface area contributed by atoms with Crippen LogP contribution in [-0.4, -0.2) is 54.0 Å². The Balaban J connectivity index is 1.58. The monoisotopic (exact) mass is 410 g/mol. The Morgan fingerprint density at radius 3 is 2.45 bits per heavy atom. The molecule has 1 amide bonds. The highest BCUT2D eigenvalue weighted by molar-refractivity contribution is 6.04. The van der Waals surface area contributed by atoms with Gasteiger partial charge in [-0.3, -0.25) is 4.79 Å². The minimum absolute atomic E-state index is 0.0964. The smallest absolute Gasteiger partial charge is 0.422 e. The first kappa shape index (κ1) is 20.8. The average Bonchev–Trinajstić information content (AvgIpc) is 2.66. The second-order valence-corrected chi connectivity index (χ2v) is 6.81. The SMILES string of the molecule is CC1CN(c2ccc(C(=O)Nc3ccc(OCC(F)(F)F)nc3)cn2)CC(C)O1. The number of ether oxygens (including phenoxy) is 2. The number of hydrogen-bond donors (Lipinski definition) is 1. The van der Waals surface area contributed by atoms with Crippen LogP contribution in [0.3, 0.4) is 0 Å². The molecule has 1 aliphatic heterocycles. The quantitative estimate of drug-likeness (QED) is 0.815. The third-order valence-electron chi connectivity index (χ3n) is 4.13. The van der Waals surface area contributed by atoms with E-state index in [0.29, 0.717) is 11.3 Å². The Morgan fingerprint density at radius 2 is 1.90 bits per heavy atom. The van der Waals surface area contributed by atoms with E-state index in [-0.39, 0.29) is 18.1 Å². The number of hydrogen-bond acceptors (Lipinski definition) is 6. The molecule has 0 saturated carbocycles. The molecule has 29 heavy (non-hydrogen) atoms. The van der Waals surface area contributed by atoms with Gasteiger partial charge in [-0.05, 0) is 32.0 Å². The number of carbonyl (C=O) groups is 1. The summed E-state index contributed by atoms with van der Waals surface area (Å²) in [5, 5.41) is 2.62. The Labute approximate surface area is 165 Å². The van der Waals surface area contributed by atoms with Gasteiger partial charge in [-0.1, -0.05) is 0 Å². The average molecular weight is 410 g/mol. The molecule has 0 aliphatic carbocycles. The third-order valence-corrected chi connectivity index (χ3v) is 4.13. The summed E-state index contributed by atoms with van der Waals surface area (Å²) in [6.07, 6.45) is -1.55. The number of halogens is 3. The van der Waals surface area contributed by atoms with Crippen molar-refractivity contribution >= 4 is 17.4 Å². The van der Waals surface area contributed by atoms with Crippen molar-refractivity contribution in [2.75, 3.05) is 29.9 Å².